The molecule has 0 saturated heterocycles. The first kappa shape index (κ1) is 16.9. The van der Waals surface area contributed by atoms with Crippen LogP contribution in [0, 0.1) is 0 Å². The summed E-state index contributed by atoms with van der Waals surface area (Å²) in [7, 11) is 0. The molecule has 3 aromatic rings. The van der Waals surface area contributed by atoms with Crippen molar-refractivity contribution in [2.45, 2.75) is 25.8 Å². The molecule has 0 spiro atoms. The van der Waals surface area contributed by atoms with E-state index >= 15 is 0 Å². The summed E-state index contributed by atoms with van der Waals surface area (Å²) < 4.78 is 1.49. The van der Waals surface area contributed by atoms with Crippen molar-refractivity contribution in [2.24, 2.45) is 0 Å². The van der Waals surface area contributed by atoms with Gasteiger partial charge in [-0.1, -0.05) is 42.5 Å². The summed E-state index contributed by atoms with van der Waals surface area (Å²) in [4.78, 5) is 28.6. The van der Waals surface area contributed by atoms with Gasteiger partial charge in [-0.05, 0) is 30.5 Å². The molecule has 1 amide bonds. The van der Waals surface area contributed by atoms with Gasteiger partial charge >= 0.3 is 0 Å². The van der Waals surface area contributed by atoms with Crippen LogP contribution in [0.25, 0.3) is 10.9 Å². The number of nitrogens with zero attached hydrogens (tertiary/aromatic N) is 2. The monoisotopic (exact) mass is 335 g/mol. The lowest BCUT2D eigenvalue weighted by atomic mass is 10.1. The van der Waals surface area contributed by atoms with Gasteiger partial charge < -0.3 is 5.32 Å². The van der Waals surface area contributed by atoms with Crippen molar-refractivity contribution in [1.29, 1.82) is 0 Å². The maximum Gasteiger partial charge on any atom is 0.261 e. The van der Waals surface area contributed by atoms with E-state index in [1.54, 1.807) is 12.1 Å². The second-order valence-electron chi connectivity index (χ2n) is 5.95. The van der Waals surface area contributed by atoms with Crippen LogP contribution in [0.1, 0.15) is 18.4 Å². The number of fused-ring (bicyclic) bond motifs is 1. The lowest BCUT2D eigenvalue weighted by Crippen LogP contribution is -2.28. The fourth-order valence-corrected chi connectivity index (χ4v) is 2.74. The average Bonchev–Trinajstić information content (AvgIpc) is 2.66. The molecule has 0 fully saturated rings. The fourth-order valence-electron chi connectivity index (χ4n) is 2.74. The predicted octanol–water partition coefficient (Wildman–Crippen LogP) is 2.54. The summed E-state index contributed by atoms with van der Waals surface area (Å²) in [6.45, 7) is 0.972. The number of benzene rings is 2. The molecule has 0 atom stereocenters. The van der Waals surface area contributed by atoms with Gasteiger partial charge in [0.25, 0.3) is 5.56 Å². The molecule has 3 rings (SSSR count). The molecule has 25 heavy (non-hydrogen) atoms. The number of rotatable bonds is 7. The van der Waals surface area contributed by atoms with E-state index in [4.69, 9.17) is 0 Å². The van der Waals surface area contributed by atoms with Crippen molar-refractivity contribution < 1.29 is 4.79 Å². The maximum absolute atomic E-state index is 12.3. The first-order valence-electron chi connectivity index (χ1n) is 8.49. The van der Waals surface area contributed by atoms with Gasteiger partial charge in [0.05, 0.1) is 17.2 Å². The Hall–Kier alpha value is -2.95. The quantitative estimate of drug-likeness (QED) is 0.675. The highest BCUT2D eigenvalue weighted by atomic mass is 16.1. The number of amides is 1. The van der Waals surface area contributed by atoms with E-state index in [1.165, 1.54) is 16.5 Å². The highest BCUT2D eigenvalue weighted by molar-refractivity contribution is 5.77. The van der Waals surface area contributed by atoms with Crippen LogP contribution in [0.2, 0.25) is 0 Å². The number of hydrogen-bond acceptors (Lipinski definition) is 3. The number of aromatic nitrogens is 2. The number of carbonyl (C=O) groups excluding carboxylic acids is 1. The van der Waals surface area contributed by atoms with Crippen LogP contribution in [0.5, 0.6) is 0 Å². The standard InChI is InChI=1S/C20H21N3O2/c24-19(21-13-6-9-16-7-2-1-3-8-16)12-14-23-15-22-18-11-5-4-10-17(18)20(23)25/h1-5,7-8,10-11,15H,6,9,12-14H2,(H,21,24). The van der Waals surface area contributed by atoms with Crippen molar-refractivity contribution in [1.82, 2.24) is 14.9 Å². The first-order valence-corrected chi connectivity index (χ1v) is 8.49. The van der Waals surface area contributed by atoms with Crippen molar-refractivity contribution in [2.75, 3.05) is 6.54 Å². The molecule has 5 nitrogen and oxygen atoms in total. The lowest BCUT2D eigenvalue weighted by molar-refractivity contribution is -0.121. The summed E-state index contributed by atoms with van der Waals surface area (Å²) in [5.41, 5.74) is 1.84. The fraction of sp³-hybridized carbons (Fsp3) is 0.250. The molecule has 0 bridgehead atoms. The van der Waals surface area contributed by atoms with E-state index in [2.05, 4.69) is 22.4 Å². The Morgan fingerprint density at radius 2 is 1.80 bits per heavy atom. The number of para-hydroxylation sites is 1. The minimum absolute atomic E-state index is 0.0480. The third kappa shape index (κ3) is 4.53. The van der Waals surface area contributed by atoms with Crippen LogP contribution < -0.4 is 10.9 Å². The second kappa shape index (κ2) is 8.24. The molecular weight excluding hydrogens is 314 g/mol. The zero-order valence-electron chi connectivity index (χ0n) is 14.0. The second-order valence-corrected chi connectivity index (χ2v) is 5.95. The smallest absolute Gasteiger partial charge is 0.261 e. The Labute approximate surface area is 146 Å². The van der Waals surface area contributed by atoms with Gasteiger partial charge in [0.2, 0.25) is 5.91 Å². The van der Waals surface area contributed by atoms with Crippen LogP contribution in [-0.2, 0) is 17.8 Å². The number of carbonyl (C=O) groups is 1. The summed E-state index contributed by atoms with van der Waals surface area (Å²) in [6.07, 6.45) is 3.61. The van der Waals surface area contributed by atoms with Crippen LogP contribution in [0.3, 0.4) is 0 Å². The highest BCUT2D eigenvalue weighted by Gasteiger charge is 2.06. The Morgan fingerprint density at radius 1 is 1.04 bits per heavy atom. The Balaban J connectivity index is 1.46. The van der Waals surface area contributed by atoms with Crippen LogP contribution in [0.4, 0.5) is 0 Å². The molecule has 5 heteroatoms. The van der Waals surface area contributed by atoms with Crippen molar-refractivity contribution in [3.63, 3.8) is 0 Å². The van der Waals surface area contributed by atoms with E-state index in [-0.39, 0.29) is 17.9 Å². The van der Waals surface area contributed by atoms with E-state index < -0.39 is 0 Å². The molecule has 1 N–H and O–H groups in total. The van der Waals surface area contributed by atoms with Gasteiger partial charge in [-0.15, -0.1) is 0 Å². The van der Waals surface area contributed by atoms with E-state index in [9.17, 15) is 9.59 Å². The van der Waals surface area contributed by atoms with Crippen LogP contribution in [0.15, 0.2) is 65.7 Å². The third-order valence-corrected chi connectivity index (χ3v) is 4.12. The Kier molecular flexibility index (Phi) is 5.57. The Bertz CT molecular complexity index is 903. The molecule has 0 radical (unpaired) electrons. The SMILES string of the molecule is O=C(CCn1cnc2ccccc2c1=O)NCCCc1ccccc1. The van der Waals surface area contributed by atoms with E-state index in [0.717, 1.165) is 12.8 Å². The number of hydrogen-bond donors (Lipinski definition) is 1. The topological polar surface area (TPSA) is 64.0 Å². The molecule has 0 aliphatic rings. The summed E-state index contributed by atoms with van der Waals surface area (Å²) in [5, 5.41) is 3.48. The van der Waals surface area contributed by atoms with Crippen molar-refractivity contribution >= 4 is 16.8 Å². The zero-order chi connectivity index (χ0) is 17.5. The van der Waals surface area contributed by atoms with Crippen LogP contribution in [-0.4, -0.2) is 22.0 Å². The van der Waals surface area contributed by atoms with Crippen LogP contribution >= 0.6 is 0 Å². The number of nitrogens with one attached hydrogen (secondary N) is 1. The molecule has 0 aliphatic heterocycles. The van der Waals surface area contributed by atoms with Gasteiger partial charge in [-0.3, -0.25) is 14.2 Å². The lowest BCUT2D eigenvalue weighted by Gasteiger charge is -2.08. The average molecular weight is 335 g/mol. The zero-order valence-corrected chi connectivity index (χ0v) is 14.0. The molecule has 0 unspecified atom stereocenters. The van der Waals surface area contributed by atoms with E-state index in [0.29, 0.717) is 24.0 Å². The number of aryl methyl sites for hydroxylation is 2. The summed E-state index contributed by atoms with van der Waals surface area (Å²) in [5.74, 6) is -0.0480. The van der Waals surface area contributed by atoms with Crippen molar-refractivity contribution in [3.8, 4) is 0 Å². The normalized spacial score (nSPS) is 10.7. The molecule has 0 aliphatic carbocycles. The minimum atomic E-state index is -0.109. The van der Waals surface area contributed by atoms with Gasteiger partial charge in [0.1, 0.15) is 0 Å². The molecule has 1 heterocycles. The largest absolute Gasteiger partial charge is 0.356 e. The molecule has 1 aromatic heterocycles. The summed E-state index contributed by atoms with van der Waals surface area (Å²) in [6, 6.07) is 17.4. The highest BCUT2D eigenvalue weighted by Crippen LogP contribution is 2.05. The predicted molar refractivity (Wildman–Crippen MR) is 98.4 cm³/mol. The Morgan fingerprint density at radius 3 is 2.64 bits per heavy atom. The molecule has 128 valence electrons. The molecule has 0 saturated carbocycles. The van der Waals surface area contributed by atoms with Gasteiger partial charge in [0, 0.05) is 19.5 Å². The van der Waals surface area contributed by atoms with E-state index in [1.807, 2.05) is 30.3 Å². The minimum Gasteiger partial charge on any atom is -0.356 e. The van der Waals surface area contributed by atoms with Crippen molar-refractivity contribution in [3.05, 3.63) is 76.8 Å². The van der Waals surface area contributed by atoms with Gasteiger partial charge in [-0.25, -0.2) is 4.98 Å². The van der Waals surface area contributed by atoms with Gasteiger partial charge in [0.15, 0.2) is 0 Å². The van der Waals surface area contributed by atoms with Gasteiger partial charge in [-0.2, -0.15) is 0 Å². The third-order valence-electron chi connectivity index (χ3n) is 4.12. The maximum atomic E-state index is 12.3. The first-order chi connectivity index (χ1) is 12.2. The molecule has 2 aromatic carbocycles. The summed E-state index contributed by atoms with van der Waals surface area (Å²) >= 11 is 0. The molecular formula is C20H21N3O2.